The minimum absolute atomic E-state index is 0.138. The Morgan fingerprint density at radius 1 is 1.38 bits per heavy atom. The molecule has 6 heteroatoms. The van der Waals surface area contributed by atoms with E-state index in [0.29, 0.717) is 18.3 Å². The fourth-order valence-corrected chi connectivity index (χ4v) is 3.34. The molecule has 1 saturated heterocycles. The van der Waals surface area contributed by atoms with Gasteiger partial charge in [0.05, 0.1) is 18.7 Å². The minimum atomic E-state index is -0.705. The average Bonchev–Trinajstić information content (AvgIpc) is 3.17. The van der Waals surface area contributed by atoms with Gasteiger partial charge in [-0.3, -0.25) is 9.48 Å². The van der Waals surface area contributed by atoms with E-state index in [0.717, 1.165) is 37.1 Å². The highest BCUT2D eigenvalue weighted by Gasteiger charge is 2.22. The molecular weight excluding hydrogens is 328 g/mol. The maximum Gasteiger partial charge on any atom is 0.274 e. The molecule has 2 N–H and O–H groups in total. The lowest BCUT2D eigenvalue weighted by atomic mass is 10.1. The summed E-state index contributed by atoms with van der Waals surface area (Å²) in [6.07, 6.45) is 3.38. The molecule has 2 unspecified atom stereocenters. The average molecular weight is 356 g/mol. The van der Waals surface area contributed by atoms with Gasteiger partial charge >= 0.3 is 0 Å². The number of piperidine rings is 1. The van der Waals surface area contributed by atoms with Crippen molar-refractivity contribution in [2.24, 2.45) is 0 Å². The zero-order chi connectivity index (χ0) is 18.5. The number of rotatable bonds is 6. The summed E-state index contributed by atoms with van der Waals surface area (Å²) in [5.41, 5.74) is 2.40. The second kappa shape index (κ2) is 8.47. The van der Waals surface area contributed by atoms with E-state index in [9.17, 15) is 9.90 Å². The van der Waals surface area contributed by atoms with Crippen molar-refractivity contribution < 1.29 is 9.90 Å². The predicted octanol–water partition coefficient (Wildman–Crippen LogP) is 2.31. The van der Waals surface area contributed by atoms with Gasteiger partial charge in [-0.25, -0.2) is 0 Å². The summed E-state index contributed by atoms with van der Waals surface area (Å²) >= 11 is 0. The Labute approximate surface area is 154 Å². The van der Waals surface area contributed by atoms with Crippen LogP contribution in [0, 0.1) is 6.92 Å². The number of nitrogens with one attached hydrogen (secondary N) is 1. The second-order valence-electron chi connectivity index (χ2n) is 6.95. The van der Waals surface area contributed by atoms with Gasteiger partial charge in [0.15, 0.2) is 0 Å². The van der Waals surface area contributed by atoms with Crippen LogP contribution in [0.2, 0.25) is 0 Å². The number of hydrogen-bond donors (Lipinski definition) is 2. The molecule has 2 atom stereocenters. The molecule has 1 amide bonds. The number of nitrogens with zero attached hydrogens (tertiary/aromatic N) is 3. The van der Waals surface area contributed by atoms with Gasteiger partial charge in [-0.2, -0.15) is 5.10 Å². The summed E-state index contributed by atoms with van der Waals surface area (Å²) in [5.74, 6) is -0.138. The quantitative estimate of drug-likeness (QED) is 0.833. The van der Waals surface area contributed by atoms with Gasteiger partial charge in [-0.15, -0.1) is 0 Å². The molecule has 2 aromatic rings. The number of hydrogen-bond acceptors (Lipinski definition) is 4. The molecule has 2 heterocycles. The highest BCUT2D eigenvalue weighted by Crippen LogP contribution is 2.18. The van der Waals surface area contributed by atoms with Crippen LogP contribution in [0.1, 0.15) is 53.5 Å². The van der Waals surface area contributed by atoms with Gasteiger partial charge in [0.2, 0.25) is 0 Å². The number of aliphatic hydroxyl groups excluding tert-OH is 1. The molecule has 1 aliphatic heterocycles. The Hall–Kier alpha value is -2.18. The van der Waals surface area contributed by atoms with Crippen LogP contribution in [-0.4, -0.2) is 51.9 Å². The van der Waals surface area contributed by atoms with E-state index in [1.165, 1.54) is 0 Å². The second-order valence-corrected chi connectivity index (χ2v) is 6.95. The number of carbonyl (C=O) groups excluding carboxylic acids is 1. The largest absolute Gasteiger partial charge is 0.387 e. The van der Waals surface area contributed by atoms with Gasteiger partial charge in [-0.05, 0) is 44.9 Å². The molecule has 26 heavy (non-hydrogen) atoms. The van der Waals surface area contributed by atoms with Gasteiger partial charge in [-0.1, -0.05) is 29.8 Å². The van der Waals surface area contributed by atoms with E-state index in [4.69, 9.17) is 0 Å². The topological polar surface area (TPSA) is 70.4 Å². The van der Waals surface area contributed by atoms with Crippen molar-refractivity contribution in [1.82, 2.24) is 20.0 Å². The van der Waals surface area contributed by atoms with E-state index in [1.54, 1.807) is 11.0 Å². The van der Waals surface area contributed by atoms with Crippen LogP contribution in [-0.2, 0) is 0 Å². The van der Waals surface area contributed by atoms with E-state index in [1.807, 2.05) is 49.0 Å². The van der Waals surface area contributed by atoms with Crippen molar-refractivity contribution in [3.05, 3.63) is 53.3 Å². The minimum Gasteiger partial charge on any atom is -0.387 e. The van der Waals surface area contributed by atoms with E-state index < -0.39 is 6.10 Å². The van der Waals surface area contributed by atoms with E-state index in [-0.39, 0.29) is 12.5 Å². The fourth-order valence-electron chi connectivity index (χ4n) is 3.34. The van der Waals surface area contributed by atoms with Gasteiger partial charge in [0.25, 0.3) is 5.91 Å². The fraction of sp³-hybridized carbons (Fsp3) is 0.500. The Bertz CT molecular complexity index is 720. The molecule has 1 aromatic carbocycles. The molecule has 1 aromatic heterocycles. The Balaban J connectivity index is 1.66. The van der Waals surface area contributed by atoms with Crippen LogP contribution >= 0.6 is 0 Å². The van der Waals surface area contributed by atoms with Crippen molar-refractivity contribution >= 4 is 5.91 Å². The summed E-state index contributed by atoms with van der Waals surface area (Å²) in [6.45, 7) is 6.65. The SMILES string of the molecule is CCN(CC(O)c1ccc(C)cc1)C(=O)c1ccn(C2CCCNC2)n1. The zero-order valence-electron chi connectivity index (χ0n) is 15.6. The summed E-state index contributed by atoms with van der Waals surface area (Å²) in [4.78, 5) is 14.5. The molecule has 140 valence electrons. The first-order valence-electron chi connectivity index (χ1n) is 9.38. The predicted molar refractivity (Wildman–Crippen MR) is 101 cm³/mol. The zero-order valence-corrected chi connectivity index (χ0v) is 15.6. The molecule has 1 aliphatic rings. The van der Waals surface area contributed by atoms with Crippen molar-refractivity contribution in [3.8, 4) is 0 Å². The van der Waals surface area contributed by atoms with Crippen LogP contribution in [0.15, 0.2) is 36.5 Å². The maximum atomic E-state index is 12.8. The standard InChI is InChI=1S/C20H28N4O2/c1-3-23(14-19(25)16-8-6-15(2)7-9-16)20(26)18-10-12-24(22-18)17-5-4-11-21-13-17/h6-10,12,17,19,21,25H,3-5,11,13-14H2,1-2H3. The first-order chi connectivity index (χ1) is 12.6. The molecule has 0 spiro atoms. The smallest absolute Gasteiger partial charge is 0.274 e. The highest BCUT2D eigenvalue weighted by atomic mass is 16.3. The third-order valence-electron chi connectivity index (χ3n) is 5.00. The summed E-state index contributed by atoms with van der Waals surface area (Å²) < 4.78 is 1.89. The van der Waals surface area contributed by atoms with Crippen LogP contribution in [0.5, 0.6) is 0 Å². The molecule has 1 fully saturated rings. The lowest BCUT2D eigenvalue weighted by Gasteiger charge is -2.24. The van der Waals surface area contributed by atoms with E-state index in [2.05, 4.69) is 10.4 Å². The molecule has 0 aliphatic carbocycles. The lowest BCUT2D eigenvalue weighted by Crippen LogP contribution is -2.35. The third-order valence-corrected chi connectivity index (χ3v) is 5.00. The van der Waals surface area contributed by atoms with Crippen LogP contribution < -0.4 is 5.32 Å². The molecule has 6 nitrogen and oxygen atoms in total. The number of likely N-dealkylation sites (N-methyl/N-ethyl adjacent to an activating group) is 1. The summed E-state index contributed by atoms with van der Waals surface area (Å²) in [5, 5.41) is 18.4. The first-order valence-corrected chi connectivity index (χ1v) is 9.38. The molecule has 3 rings (SSSR count). The van der Waals surface area contributed by atoms with Gasteiger partial charge in [0, 0.05) is 19.3 Å². The summed E-state index contributed by atoms with van der Waals surface area (Å²) in [6, 6.07) is 9.83. The molecular formula is C20H28N4O2. The van der Waals surface area contributed by atoms with Gasteiger partial charge in [0.1, 0.15) is 5.69 Å². The number of aromatic nitrogens is 2. The van der Waals surface area contributed by atoms with Crippen molar-refractivity contribution in [2.75, 3.05) is 26.2 Å². The van der Waals surface area contributed by atoms with Gasteiger partial charge < -0.3 is 15.3 Å². The Kier molecular flexibility index (Phi) is 6.06. The number of aryl methyl sites for hydroxylation is 1. The summed E-state index contributed by atoms with van der Waals surface area (Å²) in [7, 11) is 0. The Morgan fingerprint density at radius 2 is 2.15 bits per heavy atom. The number of carbonyl (C=O) groups is 1. The van der Waals surface area contributed by atoms with Crippen molar-refractivity contribution in [1.29, 1.82) is 0 Å². The number of aliphatic hydroxyl groups is 1. The lowest BCUT2D eigenvalue weighted by molar-refractivity contribution is 0.0628. The monoisotopic (exact) mass is 356 g/mol. The molecule has 0 radical (unpaired) electrons. The maximum absolute atomic E-state index is 12.8. The van der Waals surface area contributed by atoms with Crippen LogP contribution in [0.3, 0.4) is 0 Å². The van der Waals surface area contributed by atoms with E-state index >= 15 is 0 Å². The van der Waals surface area contributed by atoms with Crippen LogP contribution in [0.25, 0.3) is 0 Å². The number of benzene rings is 1. The number of amides is 1. The molecule has 0 saturated carbocycles. The van der Waals surface area contributed by atoms with Crippen molar-refractivity contribution in [2.45, 2.75) is 38.8 Å². The first kappa shape index (κ1) is 18.6. The normalized spacial score (nSPS) is 18.5. The molecule has 0 bridgehead atoms. The third kappa shape index (κ3) is 4.31. The highest BCUT2D eigenvalue weighted by molar-refractivity contribution is 5.92. The Morgan fingerprint density at radius 3 is 2.81 bits per heavy atom. The van der Waals surface area contributed by atoms with Crippen LogP contribution in [0.4, 0.5) is 0 Å². The van der Waals surface area contributed by atoms with Crippen molar-refractivity contribution in [3.63, 3.8) is 0 Å².